The lowest BCUT2D eigenvalue weighted by Gasteiger charge is -2.27. The number of aromatic hydroxyl groups is 1. The number of rotatable bonds is 2. The first-order chi connectivity index (χ1) is 11.7. The van der Waals surface area contributed by atoms with Crippen LogP contribution in [0.15, 0.2) is 24.3 Å². The van der Waals surface area contributed by atoms with Crippen molar-refractivity contribution in [2.75, 3.05) is 0 Å². The van der Waals surface area contributed by atoms with Crippen molar-refractivity contribution in [2.45, 2.75) is 52.4 Å². The normalized spacial score (nSPS) is 12.3. The third-order valence-electron chi connectivity index (χ3n) is 4.27. The number of ketones is 1. The molecule has 0 saturated heterocycles. The summed E-state index contributed by atoms with van der Waals surface area (Å²) in [5.41, 5.74) is 0.153. The van der Waals surface area contributed by atoms with Gasteiger partial charge >= 0.3 is 0 Å². The Labute approximate surface area is 151 Å². The highest BCUT2D eigenvalue weighted by atomic mass is 19.2. The molecule has 0 aliphatic heterocycles. The number of phenols is 1. The quantitative estimate of drug-likeness (QED) is 0.553. The molecule has 0 aromatic heterocycles. The Balaban J connectivity index is 2.74. The molecule has 0 fully saturated rings. The number of hydrogen-bond donors (Lipinski definition) is 1. The molecule has 1 N–H and O–H groups in total. The number of carbonyl (C=O) groups excluding carboxylic acids is 1. The highest BCUT2D eigenvalue weighted by Crippen LogP contribution is 2.38. The fourth-order valence-corrected chi connectivity index (χ4v) is 2.65. The monoisotopic (exact) mass is 364 g/mol. The lowest BCUT2D eigenvalue weighted by molar-refractivity contribution is 0.103. The number of halogens is 3. The van der Waals surface area contributed by atoms with Gasteiger partial charge in [0.1, 0.15) is 5.75 Å². The van der Waals surface area contributed by atoms with E-state index in [0.717, 1.165) is 5.56 Å². The molecule has 0 aliphatic carbocycles. The van der Waals surface area contributed by atoms with Crippen molar-refractivity contribution < 1.29 is 23.1 Å². The van der Waals surface area contributed by atoms with Crippen LogP contribution in [0.1, 0.15) is 68.6 Å². The summed E-state index contributed by atoms with van der Waals surface area (Å²) < 4.78 is 40.2. The number of hydrogen-bond acceptors (Lipinski definition) is 2. The van der Waals surface area contributed by atoms with E-state index in [9.17, 15) is 23.1 Å². The van der Waals surface area contributed by atoms with E-state index >= 15 is 0 Å². The number of carbonyl (C=O) groups is 1. The van der Waals surface area contributed by atoms with Gasteiger partial charge in [-0.1, -0.05) is 47.6 Å². The molecule has 0 amide bonds. The van der Waals surface area contributed by atoms with Crippen molar-refractivity contribution in [1.82, 2.24) is 0 Å². The molecule has 0 unspecified atom stereocenters. The maximum atomic E-state index is 13.5. The van der Waals surface area contributed by atoms with E-state index in [4.69, 9.17) is 0 Å². The van der Waals surface area contributed by atoms with E-state index in [2.05, 4.69) is 0 Å². The largest absolute Gasteiger partial charge is 0.507 e. The summed E-state index contributed by atoms with van der Waals surface area (Å²) in [5, 5.41) is 10.7. The van der Waals surface area contributed by atoms with Gasteiger partial charge in [0.25, 0.3) is 0 Å². The van der Waals surface area contributed by atoms with Gasteiger partial charge in [-0.25, -0.2) is 13.2 Å². The molecule has 2 aromatic rings. The smallest absolute Gasteiger partial charge is 0.196 e. The van der Waals surface area contributed by atoms with Gasteiger partial charge in [-0.3, -0.25) is 4.79 Å². The van der Waals surface area contributed by atoms with Gasteiger partial charge in [-0.2, -0.15) is 0 Å². The Kier molecular flexibility index (Phi) is 4.97. The second-order valence-corrected chi connectivity index (χ2v) is 8.50. The van der Waals surface area contributed by atoms with E-state index in [1.165, 1.54) is 6.07 Å². The molecule has 0 radical (unpaired) electrons. The van der Waals surface area contributed by atoms with Crippen LogP contribution < -0.4 is 0 Å². The molecule has 5 heteroatoms. The lowest BCUT2D eigenvalue weighted by atomic mass is 9.78. The van der Waals surface area contributed by atoms with Crippen LogP contribution in [0.3, 0.4) is 0 Å². The molecule has 140 valence electrons. The van der Waals surface area contributed by atoms with Crippen LogP contribution in [0.4, 0.5) is 13.2 Å². The number of benzene rings is 2. The molecule has 0 heterocycles. The molecule has 26 heavy (non-hydrogen) atoms. The van der Waals surface area contributed by atoms with Crippen LogP contribution in [0.25, 0.3) is 0 Å². The van der Waals surface area contributed by atoms with Crippen LogP contribution in [-0.2, 0) is 10.8 Å². The van der Waals surface area contributed by atoms with E-state index in [1.54, 1.807) is 0 Å². The van der Waals surface area contributed by atoms with Gasteiger partial charge in [0.2, 0.25) is 0 Å². The Hall–Kier alpha value is -2.30. The molecule has 2 rings (SSSR count). The second-order valence-electron chi connectivity index (χ2n) is 8.50. The molecule has 2 nitrogen and oxygen atoms in total. The topological polar surface area (TPSA) is 37.3 Å². The van der Waals surface area contributed by atoms with Gasteiger partial charge in [-0.05, 0) is 34.6 Å². The molecule has 0 bridgehead atoms. The Bertz CT molecular complexity index is 849. The van der Waals surface area contributed by atoms with E-state index in [-0.39, 0.29) is 22.3 Å². The lowest BCUT2D eigenvalue weighted by Crippen LogP contribution is -2.19. The molecule has 2 aromatic carbocycles. The fraction of sp³-hybridized carbons (Fsp3) is 0.381. The minimum absolute atomic E-state index is 0.0623. The van der Waals surface area contributed by atoms with Crippen LogP contribution >= 0.6 is 0 Å². The number of phenolic OH excluding ortho intramolecular Hbond substituents is 1. The fourth-order valence-electron chi connectivity index (χ4n) is 2.65. The molecule has 0 spiro atoms. The molecule has 0 saturated carbocycles. The summed E-state index contributed by atoms with van der Waals surface area (Å²) in [6.45, 7) is 11.5. The van der Waals surface area contributed by atoms with Crippen LogP contribution in [-0.4, -0.2) is 10.9 Å². The van der Waals surface area contributed by atoms with Crippen LogP contribution in [0, 0.1) is 17.5 Å². The third kappa shape index (κ3) is 3.76. The predicted molar refractivity (Wildman–Crippen MR) is 95.3 cm³/mol. The maximum absolute atomic E-state index is 13.5. The van der Waals surface area contributed by atoms with Crippen molar-refractivity contribution in [3.05, 3.63) is 64.0 Å². The predicted octanol–water partition coefficient (Wildman–Crippen LogP) is 5.64. The zero-order chi connectivity index (χ0) is 20.0. The first-order valence-corrected chi connectivity index (χ1v) is 8.30. The zero-order valence-electron chi connectivity index (χ0n) is 15.8. The molecule has 0 atom stereocenters. The van der Waals surface area contributed by atoms with Crippen molar-refractivity contribution in [3.63, 3.8) is 0 Å². The van der Waals surface area contributed by atoms with Crippen molar-refractivity contribution >= 4 is 5.78 Å². The summed E-state index contributed by atoms with van der Waals surface area (Å²) in [6.07, 6.45) is 0. The average Bonchev–Trinajstić information content (AvgIpc) is 2.49. The SMILES string of the molecule is CC(C)(C)c1cc(C(=O)c2cc(F)c(F)c(F)c2)c(O)c(C(C)(C)C)c1. The zero-order valence-corrected chi connectivity index (χ0v) is 15.8. The molecule has 0 aliphatic rings. The van der Waals surface area contributed by atoms with Crippen molar-refractivity contribution in [2.24, 2.45) is 0 Å². The summed E-state index contributed by atoms with van der Waals surface area (Å²) in [6, 6.07) is 4.63. The molecular weight excluding hydrogens is 341 g/mol. The standard InChI is InChI=1S/C21H23F3O2/c1-20(2,3)12-9-13(19(26)14(10-12)21(4,5)6)18(25)11-7-15(22)17(24)16(23)8-11/h7-10,26H,1-6H3. The van der Waals surface area contributed by atoms with Gasteiger partial charge in [0, 0.05) is 11.1 Å². The van der Waals surface area contributed by atoms with Crippen LogP contribution in [0.2, 0.25) is 0 Å². The van der Waals surface area contributed by atoms with E-state index < -0.39 is 28.6 Å². The van der Waals surface area contributed by atoms with Gasteiger partial charge in [-0.15, -0.1) is 0 Å². The Morgan fingerprint density at radius 3 is 1.77 bits per heavy atom. The average molecular weight is 364 g/mol. The van der Waals surface area contributed by atoms with E-state index in [1.807, 2.05) is 47.6 Å². The minimum Gasteiger partial charge on any atom is -0.507 e. The summed E-state index contributed by atoms with van der Waals surface area (Å²) in [7, 11) is 0. The third-order valence-corrected chi connectivity index (χ3v) is 4.27. The van der Waals surface area contributed by atoms with Crippen molar-refractivity contribution in [1.29, 1.82) is 0 Å². The van der Waals surface area contributed by atoms with Gasteiger partial charge in [0.15, 0.2) is 23.2 Å². The van der Waals surface area contributed by atoms with E-state index in [0.29, 0.717) is 17.7 Å². The highest BCUT2D eigenvalue weighted by Gasteiger charge is 2.28. The first-order valence-electron chi connectivity index (χ1n) is 8.30. The second kappa shape index (κ2) is 6.45. The molecular formula is C21H23F3O2. The van der Waals surface area contributed by atoms with Crippen molar-refractivity contribution in [3.8, 4) is 5.75 Å². The Morgan fingerprint density at radius 2 is 1.35 bits per heavy atom. The van der Waals surface area contributed by atoms with Crippen LogP contribution in [0.5, 0.6) is 5.75 Å². The Morgan fingerprint density at radius 1 is 0.846 bits per heavy atom. The minimum atomic E-state index is -1.63. The maximum Gasteiger partial charge on any atom is 0.196 e. The highest BCUT2D eigenvalue weighted by molar-refractivity contribution is 6.11. The first kappa shape index (κ1) is 20.0. The van der Waals surface area contributed by atoms with Gasteiger partial charge < -0.3 is 5.11 Å². The summed E-state index contributed by atoms with van der Waals surface area (Å²) in [5.74, 6) is -5.53. The summed E-state index contributed by atoms with van der Waals surface area (Å²) in [4.78, 5) is 12.8. The van der Waals surface area contributed by atoms with Gasteiger partial charge in [0.05, 0.1) is 5.56 Å². The summed E-state index contributed by atoms with van der Waals surface area (Å²) >= 11 is 0.